The molecule has 1 saturated heterocycles. The van der Waals surface area contributed by atoms with Crippen LogP contribution in [0, 0.1) is 12.8 Å². The lowest BCUT2D eigenvalue weighted by Crippen LogP contribution is -2.49. The van der Waals surface area contributed by atoms with Gasteiger partial charge in [0.15, 0.2) is 0 Å². The van der Waals surface area contributed by atoms with Crippen LogP contribution in [0.3, 0.4) is 0 Å². The lowest BCUT2D eigenvalue weighted by Gasteiger charge is -2.36. The summed E-state index contributed by atoms with van der Waals surface area (Å²) in [6.07, 6.45) is 4.42. The van der Waals surface area contributed by atoms with Crippen molar-refractivity contribution in [3.63, 3.8) is 0 Å². The van der Waals surface area contributed by atoms with Gasteiger partial charge in [0, 0.05) is 49.0 Å². The quantitative estimate of drug-likeness (QED) is 0.794. The van der Waals surface area contributed by atoms with E-state index in [1.54, 1.807) is 12.4 Å². The monoisotopic (exact) mass is 400 g/mol. The lowest BCUT2D eigenvalue weighted by atomic mass is 10.1. The summed E-state index contributed by atoms with van der Waals surface area (Å²) in [4.78, 5) is 25.8. The van der Waals surface area contributed by atoms with Gasteiger partial charge in [0.25, 0.3) is 0 Å². The van der Waals surface area contributed by atoms with Crippen LogP contribution in [0.1, 0.15) is 23.6 Å². The molecule has 5 nitrogen and oxygen atoms in total. The van der Waals surface area contributed by atoms with Crippen LogP contribution in [0.25, 0.3) is 0 Å². The molecule has 1 aliphatic carbocycles. The lowest BCUT2D eigenvalue weighted by molar-refractivity contribution is -0.133. The van der Waals surface area contributed by atoms with Gasteiger partial charge in [-0.2, -0.15) is 0 Å². The number of hydrogen-bond donors (Lipinski definition) is 0. The van der Waals surface area contributed by atoms with E-state index in [-0.39, 0.29) is 5.92 Å². The molecule has 1 saturated carbocycles. The van der Waals surface area contributed by atoms with E-state index in [0.29, 0.717) is 11.8 Å². The minimum Gasteiger partial charge on any atom is -0.352 e. The molecule has 130 valence electrons. The average molecular weight is 401 g/mol. The molecule has 2 heterocycles. The van der Waals surface area contributed by atoms with Gasteiger partial charge in [-0.25, -0.2) is 4.98 Å². The predicted octanol–water partition coefficient (Wildman–Crippen LogP) is 3.00. The van der Waals surface area contributed by atoms with E-state index in [2.05, 4.69) is 55.1 Å². The van der Waals surface area contributed by atoms with Crippen LogP contribution in [0.4, 0.5) is 5.82 Å². The molecule has 1 aromatic carbocycles. The van der Waals surface area contributed by atoms with E-state index in [1.807, 2.05) is 11.8 Å². The van der Waals surface area contributed by atoms with Crippen LogP contribution >= 0.6 is 15.9 Å². The fourth-order valence-corrected chi connectivity index (χ4v) is 3.89. The first-order valence-electron chi connectivity index (χ1n) is 8.70. The molecule has 1 amide bonds. The molecule has 0 spiro atoms. The Labute approximate surface area is 156 Å². The summed E-state index contributed by atoms with van der Waals surface area (Å²) in [5.41, 5.74) is 2.22. The maximum atomic E-state index is 12.8. The minimum atomic E-state index is 0.158. The summed E-state index contributed by atoms with van der Waals surface area (Å²) in [6, 6.07) is 8.35. The van der Waals surface area contributed by atoms with Crippen LogP contribution in [0.5, 0.6) is 0 Å². The average Bonchev–Trinajstić information content (AvgIpc) is 3.43. The van der Waals surface area contributed by atoms with Crippen molar-refractivity contribution < 1.29 is 4.79 Å². The van der Waals surface area contributed by atoms with Gasteiger partial charge in [0.1, 0.15) is 5.82 Å². The van der Waals surface area contributed by atoms with Gasteiger partial charge in [0.2, 0.25) is 5.91 Å². The van der Waals surface area contributed by atoms with Gasteiger partial charge in [-0.15, -0.1) is 0 Å². The molecule has 2 fully saturated rings. The molecule has 0 radical (unpaired) electrons. The fourth-order valence-electron chi connectivity index (χ4n) is 3.63. The smallest absolute Gasteiger partial charge is 0.226 e. The predicted molar refractivity (Wildman–Crippen MR) is 101 cm³/mol. The fraction of sp³-hybridized carbons (Fsp3) is 0.421. The molecule has 2 aliphatic rings. The Kier molecular flexibility index (Phi) is 4.46. The number of aryl methyl sites for hydroxylation is 1. The molecule has 6 heteroatoms. The first kappa shape index (κ1) is 16.5. The second-order valence-electron chi connectivity index (χ2n) is 6.78. The highest BCUT2D eigenvalue weighted by Crippen LogP contribution is 2.48. The molecule has 0 unspecified atom stereocenters. The number of carbonyl (C=O) groups is 1. The number of benzene rings is 1. The van der Waals surface area contributed by atoms with Gasteiger partial charge >= 0.3 is 0 Å². The third-order valence-electron chi connectivity index (χ3n) is 5.15. The van der Waals surface area contributed by atoms with Crippen LogP contribution in [-0.4, -0.2) is 47.0 Å². The first-order chi connectivity index (χ1) is 12.1. The highest BCUT2D eigenvalue weighted by Gasteiger charge is 2.46. The normalized spacial score (nSPS) is 22.8. The molecule has 4 rings (SSSR count). The van der Waals surface area contributed by atoms with Crippen molar-refractivity contribution in [2.45, 2.75) is 19.3 Å². The third kappa shape index (κ3) is 3.40. The summed E-state index contributed by atoms with van der Waals surface area (Å²) in [5.74, 6) is 1.80. The molecular weight excluding hydrogens is 380 g/mol. The number of nitrogens with zero attached hydrogens (tertiary/aromatic N) is 4. The van der Waals surface area contributed by atoms with Crippen LogP contribution in [0.15, 0.2) is 41.1 Å². The van der Waals surface area contributed by atoms with Gasteiger partial charge < -0.3 is 9.80 Å². The number of carbonyl (C=O) groups excluding carboxylic acids is 1. The molecule has 2 atom stereocenters. The molecule has 0 N–H and O–H groups in total. The summed E-state index contributed by atoms with van der Waals surface area (Å²) in [5, 5.41) is 0. The summed E-state index contributed by atoms with van der Waals surface area (Å²) in [7, 11) is 0. The molecule has 1 aliphatic heterocycles. The summed E-state index contributed by atoms with van der Waals surface area (Å²) < 4.78 is 1.08. The number of piperazine rings is 1. The van der Waals surface area contributed by atoms with Gasteiger partial charge in [-0.05, 0) is 37.0 Å². The zero-order valence-electron chi connectivity index (χ0n) is 14.2. The number of amides is 1. The van der Waals surface area contributed by atoms with E-state index in [9.17, 15) is 4.79 Å². The molecule has 1 aromatic heterocycles. The molecule has 0 bridgehead atoms. The minimum absolute atomic E-state index is 0.158. The maximum absolute atomic E-state index is 12.8. The standard InChI is InChI=1S/C19H21BrN4O/c1-13-18(22-7-6-21-13)23-8-10-24(11-9-23)19(25)17-12-16(17)14-2-4-15(20)5-3-14/h2-7,16-17H,8-12H2,1H3/t16-,17+/m0/s1. The number of aromatic nitrogens is 2. The maximum Gasteiger partial charge on any atom is 0.226 e. The number of anilines is 1. The van der Waals surface area contributed by atoms with Crippen LogP contribution in [-0.2, 0) is 4.79 Å². The van der Waals surface area contributed by atoms with Crippen LogP contribution < -0.4 is 4.90 Å². The highest BCUT2D eigenvalue weighted by molar-refractivity contribution is 9.10. The van der Waals surface area contributed by atoms with Crippen molar-refractivity contribution in [3.05, 3.63) is 52.4 Å². The summed E-state index contributed by atoms with van der Waals surface area (Å²) in [6.45, 7) is 5.14. The van der Waals surface area contributed by atoms with Crippen molar-refractivity contribution in [1.29, 1.82) is 0 Å². The van der Waals surface area contributed by atoms with Gasteiger partial charge in [-0.1, -0.05) is 28.1 Å². The largest absolute Gasteiger partial charge is 0.352 e. The number of rotatable bonds is 3. The Morgan fingerprint density at radius 1 is 1.08 bits per heavy atom. The first-order valence-corrected chi connectivity index (χ1v) is 9.49. The van der Waals surface area contributed by atoms with Gasteiger partial charge in [0.05, 0.1) is 5.69 Å². The van der Waals surface area contributed by atoms with Crippen molar-refractivity contribution in [3.8, 4) is 0 Å². The second kappa shape index (κ2) is 6.75. The topological polar surface area (TPSA) is 49.3 Å². The number of halogens is 1. The Morgan fingerprint density at radius 3 is 2.44 bits per heavy atom. The molecule has 25 heavy (non-hydrogen) atoms. The third-order valence-corrected chi connectivity index (χ3v) is 5.68. The van der Waals surface area contributed by atoms with E-state index >= 15 is 0 Å². The zero-order chi connectivity index (χ0) is 17.4. The van der Waals surface area contributed by atoms with Crippen molar-refractivity contribution in [2.24, 2.45) is 5.92 Å². The number of hydrogen-bond acceptors (Lipinski definition) is 4. The van der Waals surface area contributed by atoms with Crippen molar-refractivity contribution in [2.75, 3.05) is 31.1 Å². The van der Waals surface area contributed by atoms with Crippen LogP contribution in [0.2, 0.25) is 0 Å². The summed E-state index contributed by atoms with van der Waals surface area (Å²) >= 11 is 3.46. The van der Waals surface area contributed by atoms with E-state index < -0.39 is 0 Å². The Bertz CT molecular complexity index is 771. The molecular formula is C19H21BrN4O. The SMILES string of the molecule is Cc1nccnc1N1CCN(C(=O)[C@@H]2C[C@H]2c2ccc(Br)cc2)CC1. The Morgan fingerprint density at radius 2 is 1.76 bits per heavy atom. The van der Waals surface area contributed by atoms with E-state index in [1.165, 1.54) is 5.56 Å². The zero-order valence-corrected chi connectivity index (χ0v) is 15.8. The van der Waals surface area contributed by atoms with E-state index in [4.69, 9.17) is 0 Å². The molecule has 2 aromatic rings. The Hall–Kier alpha value is -1.95. The highest BCUT2D eigenvalue weighted by atomic mass is 79.9. The van der Waals surface area contributed by atoms with Crippen molar-refractivity contribution in [1.82, 2.24) is 14.9 Å². The second-order valence-corrected chi connectivity index (χ2v) is 7.69. The Balaban J connectivity index is 1.35. The van der Waals surface area contributed by atoms with E-state index in [0.717, 1.165) is 48.6 Å². The van der Waals surface area contributed by atoms with Gasteiger partial charge in [-0.3, -0.25) is 9.78 Å². The van der Waals surface area contributed by atoms with Crippen molar-refractivity contribution >= 4 is 27.7 Å².